The number of terminal acetylenes is 1. The lowest BCUT2D eigenvalue weighted by Crippen LogP contribution is -2.39. The van der Waals surface area contributed by atoms with Crippen molar-refractivity contribution in [1.29, 1.82) is 0 Å². The summed E-state index contributed by atoms with van der Waals surface area (Å²) in [6.45, 7) is 4.68. The molecule has 1 saturated heterocycles. The van der Waals surface area contributed by atoms with Gasteiger partial charge in [0.25, 0.3) is 5.91 Å². The van der Waals surface area contributed by atoms with E-state index in [1.54, 1.807) is 0 Å². The minimum atomic E-state index is 0.0800. The van der Waals surface area contributed by atoms with Gasteiger partial charge < -0.3 is 9.64 Å². The summed E-state index contributed by atoms with van der Waals surface area (Å²) in [5.74, 6) is 3.05. The topological polar surface area (TPSA) is 55.3 Å². The summed E-state index contributed by atoms with van der Waals surface area (Å²) < 4.78 is 9.31. The highest BCUT2D eigenvalue weighted by Crippen LogP contribution is 2.22. The predicted octanol–water partition coefficient (Wildman–Crippen LogP) is 1.99. The van der Waals surface area contributed by atoms with Gasteiger partial charge in [-0.2, -0.15) is 0 Å². The van der Waals surface area contributed by atoms with Crippen LogP contribution in [-0.4, -0.2) is 46.7 Å². The van der Waals surface area contributed by atoms with Crippen LogP contribution in [0.5, 0.6) is 0 Å². The number of aromatic nitrogens is 2. The second kappa shape index (κ2) is 8.11. The van der Waals surface area contributed by atoms with Crippen LogP contribution in [0.2, 0.25) is 0 Å². The molecule has 1 amide bonds. The van der Waals surface area contributed by atoms with E-state index in [2.05, 4.69) is 22.4 Å². The summed E-state index contributed by atoms with van der Waals surface area (Å²) in [7, 11) is 0. The van der Waals surface area contributed by atoms with Crippen LogP contribution in [-0.2, 0) is 11.2 Å². The number of nitrogens with zero attached hydrogens (tertiary/aromatic N) is 3. The monoisotopic (exact) mass is 307 g/mol. The number of rotatable bonds is 6. The third-order valence-electron chi connectivity index (χ3n) is 3.68. The molecule has 21 heavy (non-hydrogen) atoms. The van der Waals surface area contributed by atoms with Gasteiger partial charge in [-0.3, -0.25) is 4.79 Å². The van der Waals surface area contributed by atoms with E-state index in [-0.39, 0.29) is 5.91 Å². The highest BCUT2D eigenvalue weighted by Gasteiger charge is 2.26. The van der Waals surface area contributed by atoms with Crippen LogP contribution < -0.4 is 0 Å². The smallest absolute Gasteiger partial charge is 0.267 e. The lowest BCUT2D eigenvalue weighted by atomic mass is 9.97. The van der Waals surface area contributed by atoms with E-state index in [9.17, 15) is 4.79 Å². The van der Waals surface area contributed by atoms with Gasteiger partial charge in [0, 0.05) is 13.1 Å². The van der Waals surface area contributed by atoms with Crippen LogP contribution in [0, 0.1) is 18.3 Å². The van der Waals surface area contributed by atoms with Gasteiger partial charge in [-0.25, -0.2) is 0 Å². The van der Waals surface area contributed by atoms with Crippen LogP contribution in [0.3, 0.4) is 0 Å². The number of aryl methyl sites for hydroxylation is 1. The first-order chi connectivity index (χ1) is 10.3. The van der Waals surface area contributed by atoms with Gasteiger partial charge in [-0.1, -0.05) is 23.8 Å². The maximum atomic E-state index is 12.5. The van der Waals surface area contributed by atoms with Gasteiger partial charge in [0.05, 0.1) is 12.3 Å². The van der Waals surface area contributed by atoms with Gasteiger partial charge in [0.15, 0.2) is 0 Å². The molecule has 1 aromatic heterocycles. The zero-order valence-electron chi connectivity index (χ0n) is 12.4. The number of carbonyl (C=O) groups excluding carboxylic acids is 1. The number of hydrogen-bond donors (Lipinski definition) is 0. The molecule has 1 fully saturated rings. The lowest BCUT2D eigenvalue weighted by Gasteiger charge is -2.31. The normalized spacial score (nSPS) is 15.9. The Hall–Kier alpha value is -1.45. The summed E-state index contributed by atoms with van der Waals surface area (Å²) in [5.41, 5.74) is 0.840. The third-order valence-corrected chi connectivity index (χ3v) is 4.43. The number of ether oxygens (including phenoxy) is 1. The van der Waals surface area contributed by atoms with E-state index in [0.29, 0.717) is 24.0 Å². The van der Waals surface area contributed by atoms with Crippen LogP contribution in [0.15, 0.2) is 0 Å². The Labute approximate surface area is 129 Å². The Kier molecular flexibility index (Phi) is 6.15. The van der Waals surface area contributed by atoms with E-state index in [1.165, 1.54) is 11.5 Å². The van der Waals surface area contributed by atoms with Crippen molar-refractivity contribution in [2.45, 2.75) is 32.6 Å². The molecule has 0 radical (unpaired) electrons. The van der Waals surface area contributed by atoms with Gasteiger partial charge in [-0.15, -0.1) is 11.5 Å². The van der Waals surface area contributed by atoms with Crippen LogP contribution in [0.1, 0.15) is 41.6 Å². The fourth-order valence-electron chi connectivity index (χ4n) is 2.50. The summed E-state index contributed by atoms with van der Waals surface area (Å²) in [5, 5.41) is 4.07. The second-order valence-electron chi connectivity index (χ2n) is 5.25. The van der Waals surface area contributed by atoms with Crippen molar-refractivity contribution >= 4 is 17.4 Å². The van der Waals surface area contributed by atoms with Gasteiger partial charge in [0.2, 0.25) is 0 Å². The minimum absolute atomic E-state index is 0.0800. The molecule has 114 valence electrons. The highest BCUT2D eigenvalue weighted by molar-refractivity contribution is 7.08. The number of amides is 1. The van der Waals surface area contributed by atoms with Crippen LogP contribution >= 0.6 is 11.5 Å². The Morgan fingerprint density at radius 2 is 2.29 bits per heavy atom. The van der Waals surface area contributed by atoms with Gasteiger partial charge >= 0.3 is 0 Å². The predicted molar refractivity (Wildman–Crippen MR) is 82.2 cm³/mol. The Morgan fingerprint density at radius 3 is 2.95 bits per heavy atom. The van der Waals surface area contributed by atoms with E-state index >= 15 is 0 Å². The zero-order chi connectivity index (χ0) is 15.1. The molecule has 6 heteroatoms. The number of piperidine rings is 1. The van der Waals surface area contributed by atoms with E-state index in [1.807, 2.05) is 4.90 Å². The molecule has 2 heterocycles. The number of likely N-dealkylation sites (tertiary alicyclic amines) is 1. The maximum absolute atomic E-state index is 12.5. The highest BCUT2D eigenvalue weighted by atomic mass is 32.1. The lowest BCUT2D eigenvalue weighted by molar-refractivity contribution is 0.0585. The Bertz CT molecular complexity index is 501. The second-order valence-corrected chi connectivity index (χ2v) is 6.01. The van der Waals surface area contributed by atoms with Crippen molar-refractivity contribution in [3.8, 4) is 12.3 Å². The first-order valence-corrected chi connectivity index (χ1v) is 8.15. The fraction of sp³-hybridized carbons (Fsp3) is 0.667. The van der Waals surface area contributed by atoms with E-state index < -0.39 is 0 Å². The van der Waals surface area contributed by atoms with Crippen molar-refractivity contribution < 1.29 is 9.53 Å². The van der Waals surface area contributed by atoms with Crippen LogP contribution in [0.4, 0.5) is 0 Å². The average molecular weight is 307 g/mol. The number of carbonyl (C=O) groups is 1. The molecule has 1 aliphatic rings. The molecule has 1 aliphatic heterocycles. The maximum Gasteiger partial charge on any atom is 0.267 e. The number of hydrogen-bond acceptors (Lipinski definition) is 5. The zero-order valence-corrected chi connectivity index (χ0v) is 13.2. The summed E-state index contributed by atoms with van der Waals surface area (Å²) >= 11 is 1.21. The van der Waals surface area contributed by atoms with Crippen molar-refractivity contribution in [2.24, 2.45) is 5.92 Å². The average Bonchev–Trinajstić information content (AvgIpc) is 2.96. The Balaban J connectivity index is 1.85. The van der Waals surface area contributed by atoms with Gasteiger partial charge in [-0.05, 0) is 36.7 Å². The molecule has 5 nitrogen and oxygen atoms in total. The minimum Gasteiger partial charge on any atom is -0.369 e. The molecule has 0 unspecified atom stereocenters. The molecule has 2 rings (SSSR count). The summed E-state index contributed by atoms with van der Waals surface area (Å²) in [6, 6.07) is 0. The first kappa shape index (κ1) is 15.9. The molecule has 1 aromatic rings. The molecule has 0 bridgehead atoms. The largest absolute Gasteiger partial charge is 0.369 e. The molecule has 0 spiro atoms. The van der Waals surface area contributed by atoms with Crippen LogP contribution in [0.25, 0.3) is 0 Å². The molecule has 0 saturated carbocycles. The Morgan fingerprint density at radius 1 is 1.52 bits per heavy atom. The van der Waals surface area contributed by atoms with Crippen molar-refractivity contribution in [3.05, 3.63) is 10.6 Å². The van der Waals surface area contributed by atoms with E-state index in [0.717, 1.165) is 44.5 Å². The third kappa shape index (κ3) is 4.26. The molecular formula is C15H21N3O2S. The quantitative estimate of drug-likeness (QED) is 0.596. The molecule has 0 aliphatic carbocycles. The first-order valence-electron chi connectivity index (χ1n) is 7.38. The molecule has 0 aromatic carbocycles. The molecule has 0 atom stereocenters. The SMILES string of the molecule is C#CCOCC1CCN(C(=O)c2snnc2CCC)CC1. The van der Waals surface area contributed by atoms with E-state index in [4.69, 9.17) is 11.2 Å². The van der Waals surface area contributed by atoms with Gasteiger partial charge in [0.1, 0.15) is 11.5 Å². The fourth-order valence-corrected chi connectivity index (χ4v) is 3.18. The van der Waals surface area contributed by atoms with Crippen molar-refractivity contribution in [2.75, 3.05) is 26.3 Å². The molecule has 0 N–H and O–H groups in total. The summed E-state index contributed by atoms with van der Waals surface area (Å²) in [6.07, 6.45) is 8.87. The van der Waals surface area contributed by atoms with Crippen molar-refractivity contribution in [3.63, 3.8) is 0 Å². The molecular weight excluding hydrogens is 286 g/mol. The van der Waals surface area contributed by atoms with Crippen molar-refractivity contribution in [1.82, 2.24) is 14.5 Å². The standard InChI is InChI=1S/C15H21N3O2S/c1-3-5-13-14(21-17-16-13)15(19)18-8-6-12(7-9-18)11-20-10-4-2/h2,12H,3,5-11H2,1H3. The summed E-state index contributed by atoms with van der Waals surface area (Å²) in [4.78, 5) is 15.1.